The average Bonchev–Trinajstić information content (AvgIpc) is 3.30. The molecule has 1 aromatic rings. The number of nitrogens with one attached hydrogen (secondary N) is 1. The van der Waals surface area contributed by atoms with Crippen LogP contribution in [0, 0.1) is 5.92 Å². The first kappa shape index (κ1) is 19.8. The summed E-state index contributed by atoms with van der Waals surface area (Å²) < 4.78 is 0. The van der Waals surface area contributed by atoms with Gasteiger partial charge < -0.3 is 14.7 Å². The van der Waals surface area contributed by atoms with Crippen LogP contribution < -0.4 is 10.3 Å². The molecule has 0 bridgehead atoms. The molecule has 7 nitrogen and oxygen atoms in total. The highest BCUT2D eigenvalue weighted by molar-refractivity contribution is 5.84. The van der Waals surface area contributed by atoms with Gasteiger partial charge >= 0.3 is 0 Å². The highest BCUT2D eigenvalue weighted by atomic mass is 16.2. The van der Waals surface area contributed by atoms with E-state index in [2.05, 4.69) is 56.3 Å². The van der Waals surface area contributed by atoms with Crippen molar-refractivity contribution in [2.45, 2.75) is 50.7 Å². The lowest BCUT2D eigenvalue weighted by Crippen LogP contribution is -2.68. The van der Waals surface area contributed by atoms with Crippen LogP contribution in [0.1, 0.15) is 32.6 Å². The fourth-order valence-corrected chi connectivity index (χ4v) is 6.01. The third kappa shape index (κ3) is 3.38. The van der Waals surface area contributed by atoms with Crippen LogP contribution in [0.3, 0.4) is 0 Å². The normalized spacial score (nSPS) is 32.2. The number of fused-ring (bicyclic) bond motifs is 3. The van der Waals surface area contributed by atoms with E-state index in [1.165, 1.54) is 5.69 Å². The highest BCUT2D eigenvalue weighted by Crippen LogP contribution is 2.38. The van der Waals surface area contributed by atoms with E-state index in [9.17, 15) is 9.59 Å². The van der Waals surface area contributed by atoms with Crippen molar-refractivity contribution >= 4 is 17.5 Å². The van der Waals surface area contributed by atoms with Gasteiger partial charge in [0.2, 0.25) is 11.8 Å². The van der Waals surface area contributed by atoms with Gasteiger partial charge in [0.25, 0.3) is 0 Å². The van der Waals surface area contributed by atoms with Crippen LogP contribution in [-0.2, 0) is 9.59 Å². The molecule has 30 heavy (non-hydrogen) atoms. The maximum atomic E-state index is 13.3. The van der Waals surface area contributed by atoms with Crippen LogP contribution in [-0.4, -0.2) is 84.0 Å². The van der Waals surface area contributed by atoms with E-state index in [4.69, 9.17) is 0 Å². The number of nitrogens with zero attached hydrogens (tertiary/aromatic N) is 4. The van der Waals surface area contributed by atoms with Gasteiger partial charge in [0, 0.05) is 63.0 Å². The monoisotopic (exact) mass is 411 g/mol. The predicted molar refractivity (Wildman–Crippen MR) is 116 cm³/mol. The number of hydrogen-bond donors (Lipinski definition) is 1. The number of carbonyl (C=O) groups is 2. The molecule has 7 heteroatoms. The fourth-order valence-electron chi connectivity index (χ4n) is 6.01. The van der Waals surface area contributed by atoms with Crippen molar-refractivity contribution in [3.05, 3.63) is 30.3 Å². The Bertz CT molecular complexity index is 779. The second kappa shape index (κ2) is 8.19. The second-order valence-electron chi connectivity index (χ2n) is 9.04. The van der Waals surface area contributed by atoms with Crippen molar-refractivity contribution in [3.8, 4) is 0 Å². The van der Waals surface area contributed by atoms with Crippen LogP contribution in [0.4, 0.5) is 5.69 Å². The minimum atomic E-state index is -0.00971. The lowest BCUT2D eigenvalue weighted by molar-refractivity contribution is -0.157. The van der Waals surface area contributed by atoms with E-state index in [0.29, 0.717) is 11.9 Å². The third-order valence-electron chi connectivity index (χ3n) is 7.56. The molecule has 1 N–H and O–H groups in total. The van der Waals surface area contributed by atoms with E-state index in [1.54, 1.807) is 0 Å². The molecule has 0 aromatic heterocycles. The van der Waals surface area contributed by atoms with Gasteiger partial charge in [-0.1, -0.05) is 18.2 Å². The smallest absolute Gasteiger partial charge is 0.241 e. The number of hydrazine groups is 1. The van der Waals surface area contributed by atoms with E-state index in [0.717, 1.165) is 65.0 Å². The summed E-state index contributed by atoms with van der Waals surface area (Å²) in [6, 6.07) is 10.9. The molecular formula is C23H33N5O2. The van der Waals surface area contributed by atoms with Crippen molar-refractivity contribution in [1.29, 1.82) is 0 Å². The average molecular weight is 412 g/mol. The number of likely N-dealkylation sites (N-methyl/N-ethyl adjacent to an activating group) is 1. The number of anilines is 1. The highest BCUT2D eigenvalue weighted by Gasteiger charge is 2.51. The van der Waals surface area contributed by atoms with Crippen LogP contribution in [0.5, 0.6) is 0 Å². The molecule has 4 unspecified atom stereocenters. The van der Waals surface area contributed by atoms with Gasteiger partial charge in [-0.15, -0.1) is 0 Å². The molecule has 4 fully saturated rings. The van der Waals surface area contributed by atoms with Crippen molar-refractivity contribution in [2.75, 3.05) is 44.2 Å². The molecule has 3 aliphatic heterocycles. The number of hydrogen-bond acceptors (Lipinski definition) is 5. The molecular weight excluding hydrogens is 378 g/mol. The third-order valence-corrected chi connectivity index (χ3v) is 7.56. The molecule has 2 amide bonds. The lowest BCUT2D eigenvalue weighted by Gasteiger charge is -2.52. The minimum absolute atomic E-state index is 0.00971. The Hall–Kier alpha value is -2.12. The summed E-state index contributed by atoms with van der Waals surface area (Å²) in [4.78, 5) is 32.8. The van der Waals surface area contributed by atoms with Gasteiger partial charge in [-0.3, -0.25) is 15.0 Å². The van der Waals surface area contributed by atoms with E-state index in [1.807, 2.05) is 6.07 Å². The van der Waals surface area contributed by atoms with Gasteiger partial charge in [-0.25, -0.2) is 5.01 Å². The quantitative estimate of drug-likeness (QED) is 0.813. The van der Waals surface area contributed by atoms with Crippen LogP contribution in [0.2, 0.25) is 0 Å². The summed E-state index contributed by atoms with van der Waals surface area (Å²) in [6.45, 7) is 7.02. The fraction of sp³-hybridized carbons (Fsp3) is 0.652. The molecule has 5 rings (SSSR count). The zero-order chi connectivity index (χ0) is 20.7. The molecule has 0 radical (unpaired) electrons. The number of benzene rings is 1. The Balaban J connectivity index is 1.23. The van der Waals surface area contributed by atoms with Crippen LogP contribution in [0.25, 0.3) is 0 Å². The maximum Gasteiger partial charge on any atom is 0.241 e. The summed E-state index contributed by atoms with van der Waals surface area (Å²) in [5.74, 6) is 0.574. The molecule has 4 aliphatic rings. The van der Waals surface area contributed by atoms with Gasteiger partial charge in [-0.05, 0) is 44.7 Å². The minimum Gasteiger partial charge on any atom is -0.368 e. The Morgan fingerprint density at radius 1 is 1.03 bits per heavy atom. The summed E-state index contributed by atoms with van der Waals surface area (Å²) >= 11 is 0. The van der Waals surface area contributed by atoms with E-state index < -0.39 is 0 Å². The molecule has 3 saturated heterocycles. The number of amides is 2. The Morgan fingerprint density at radius 2 is 1.80 bits per heavy atom. The van der Waals surface area contributed by atoms with Crippen molar-refractivity contribution < 1.29 is 9.59 Å². The number of para-hydroxylation sites is 1. The number of carbonyl (C=O) groups excluding carboxylic acids is 2. The Kier molecular flexibility index (Phi) is 5.41. The summed E-state index contributed by atoms with van der Waals surface area (Å²) in [5.41, 5.74) is 4.68. The van der Waals surface area contributed by atoms with Crippen LogP contribution in [0.15, 0.2) is 30.3 Å². The van der Waals surface area contributed by atoms with E-state index in [-0.39, 0.29) is 23.9 Å². The first-order chi connectivity index (χ1) is 14.7. The summed E-state index contributed by atoms with van der Waals surface area (Å²) in [5, 5.41) is 2.22. The van der Waals surface area contributed by atoms with E-state index >= 15 is 0 Å². The van der Waals surface area contributed by atoms with Crippen LogP contribution >= 0.6 is 0 Å². The first-order valence-electron chi connectivity index (χ1n) is 11.6. The number of rotatable bonds is 3. The molecule has 162 valence electrons. The van der Waals surface area contributed by atoms with Gasteiger partial charge in [0.05, 0.1) is 0 Å². The van der Waals surface area contributed by atoms with Crippen molar-refractivity contribution in [2.24, 2.45) is 5.92 Å². The molecule has 1 aromatic carbocycles. The SMILES string of the molecule is CCN1C(=O)C2CCNN2C2CCC(C(=O)N3CCN(c4ccccc4)CC3)CC21. The Morgan fingerprint density at radius 3 is 2.53 bits per heavy atom. The van der Waals surface area contributed by atoms with Crippen molar-refractivity contribution in [3.63, 3.8) is 0 Å². The maximum absolute atomic E-state index is 13.3. The van der Waals surface area contributed by atoms with Gasteiger partial charge in [0.1, 0.15) is 6.04 Å². The molecule has 0 spiro atoms. The lowest BCUT2D eigenvalue weighted by atomic mass is 9.78. The summed E-state index contributed by atoms with van der Waals surface area (Å²) in [7, 11) is 0. The molecule has 4 atom stereocenters. The summed E-state index contributed by atoms with van der Waals surface area (Å²) in [6.07, 6.45) is 3.60. The first-order valence-corrected chi connectivity index (χ1v) is 11.6. The second-order valence-corrected chi connectivity index (χ2v) is 9.04. The zero-order valence-electron chi connectivity index (χ0n) is 17.9. The largest absolute Gasteiger partial charge is 0.368 e. The molecule has 1 aliphatic carbocycles. The number of piperazine rings is 2. The zero-order valence-corrected chi connectivity index (χ0v) is 17.9. The molecule has 1 saturated carbocycles. The standard InChI is InChI=1S/C23H33N5O2/c1-2-27-21-16-17(8-9-19(21)28-20(23(27)30)10-11-24-28)22(29)26-14-12-25(13-15-26)18-6-4-3-5-7-18/h3-7,17,19-21,24H,2,8-16H2,1H3. The topological polar surface area (TPSA) is 59.1 Å². The molecule has 3 heterocycles. The predicted octanol–water partition coefficient (Wildman–Crippen LogP) is 1.31. The van der Waals surface area contributed by atoms with Gasteiger partial charge in [0.15, 0.2) is 0 Å². The van der Waals surface area contributed by atoms with Gasteiger partial charge in [-0.2, -0.15) is 0 Å². The Labute approximate surface area is 178 Å². The van der Waals surface area contributed by atoms with Crippen molar-refractivity contribution in [1.82, 2.24) is 20.2 Å².